The molecular formula is C19H20N6O3. The zero-order valence-corrected chi connectivity index (χ0v) is 15.5. The van der Waals surface area contributed by atoms with Gasteiger partial charge >= 0.3 is 6.09 Å². The molecule has 9 heteroatoms. The van der Waals surface area contributed by atoms with Crippen LogP contribution < -0.4 is 5.32 Å². The van der Waals surface area contributed by atoms with E-state index >= 15 is 0 Å². The van der Waals surface area contributed by atoms with Crippen LogP contribution in [0.5, 0.6) is 0 Å². The highest BCUT2D eigenvalue weighted by molar-refractivity contribution is 5.92. The molecule has 0 atom stereocenters. The van der Waals surface area contributed by atoms with Crippen molar-refractivity contribution in [3.63, 3.8) is 0 Å². The van der Waals surface area contributed by atoms with E-state index in [1.165, 1.54) is 6.20 Å². The number of ether oxygens (including phenoxy) is 1. The number of piperazine rings is 1. The van der Waals surface area contributed by atoms with Crippen molar-refractivity contribution in [2.24, 2.45) is 0 Å². The summed E-state index contributed by atoms with van der Waals surface area (Å²) in [5.41, 5.74) is 1.54. The molecule has 28 heavy (non-hydrogen) atoms. The predicted molar refractivity (Wildman–Crippen MR) is 101 cm³/mol. The number of nitrogens with zero attached hydrogens (tertiary/aromatic N) is 5. The molecule has 0 unspecified atom stereocenters. The molecule has 1 aromatic carbocycles. The predicted octanol–water partition coefficient (Wildman–Crippen LogP) is 2.01. The molecule has 0 radical (unpaired) electrons. The van der Waals surface area contributed by atoms with Gasteiger partial charge in [-0.2, -0.15) is 5.26 Å². The third-order valence-corrected chi connectivity index (χ3v) is 4.24. The number of benzene rings is 1. The topological polar surface area (TPSA) is 111 Å². The Hall–Kier alpha value is -3.67. The van der Waals surface area contributed by atoms with Gasteiger partial charge in [0.05, 0.1) is 18.2 Å². The maximum absolute atomic E-state index is 12.7. The van der Waals surface area contributed by atoms with Crippen LogP contribution in [0.2, 0.25) is 0 Å². The molecule has 2 aromatic rings. The first kappa shape index (κ1) is 19.1. The summed E-state index contributed by atoms with van der Waals surface area (Å²) < 4.78 is 4.99. The van der Waals surface area contributed by atoms with Crippen LogP contribution in [0.3, 0.4) is 0 Å². The van der Waals surface area contributed by atoms with Gasteiger partial charge < -0.3 is 19.9 Å². The van der Waals surface area contributed by atoms with Crippen molar-refractivity contribution in [2.45, 2.75) is 6.92 Å². The molecule has 1 fully saturated rings. The van der Waals surface area contributed by atoms with E-state index in [1.807, 2.05) is 0 Å². The van der Waals surface area contributed by atoms with E-state index in [-0.39, 0.29) is 17.7 Å². The molecule has 1 aromatic heterocycles. The number of nitriles is 1. The van der Waals surface area contributed by atoms with Gasteiger partial charge in [0.1, 0.15) is 5.69 Å². The Bertz CT molecular complexity index is 885. The van der Waals surface area contributed by atoms with Crippen molar-refractivity contribution in [2.75, 3.05) is 38.1 Å². The maximum Gasteiger partial charge on any atom is 0.409 e. The normalized spacial score (nSPS) is 13.6. The van der Waals surface area contributed by atoms with Gasteiger partial charge in [0.25, 0.3) is 5.91 Å². The van der Waals surface area contributed by atoms with Gasteiger partial charge in [-0.05, 0) is 37.3 Å². The SMILES string of the molecule is CCOC(=O)N1CCN(C(=O)c2ccnc(Nc3ccc(C#N)cc3)n2)CC1. The summed E-state index contributed by atoms with van der Waals surface area (Å²) in [4.78, 5) is 36.1. The molecule has 144 valence electrons. The first-order chi connectivity index (χ1) is 13.6. The minimum absolute atomic E-state index is 0.214. The lowest BCUT2D eigenvalue weighted by Crippen LogP contribution is -2.50. The Morgan fingerprint density at radius 1 is 1.14 bits per heavy atom. The molecule has 0 saturated carbocycles. The number of hydrogen-bond donors (Lipinski definition) is 1. The Morgan fingerprint density at radius 3 is 2.46 bits per heavy atom. The standard InChI is InChI=1S/C19H20N6O3/c1-2-28-19(27)25-11-9-24(10-12-25)17(26)16-7-8-21-18(23-16)22-15-5-3-14(13-20)4-6-15/h3-8H,2,9-12H2,1H3,(H,21,22,23). The molecule has 1 N–H and O–H groups in total. The summed E-state index contributed by atoms with van der Waals surface area (Å²) in [5, 5.41) is 11.9. The lowest BCUT2D eigenvalue weighted by molar-refractivity contribution is 0.0566. The number of carbonyl (C=O) groups excluding carboxylic acids is 2. The molecular weight excluding hydrogens is 360 g/mol. The quantitative estimate of drug-likeness (QED) is 0.863. The van der Waals surface area contributed by atoms with E-state index in [2.05, 4.69) is 21.4 Å². The number of amides is 2. The highest BCUT2D eigenvalue weighted by Gasteiger charge is 2.26. The van der Waals surface area contributed by atoms with Crippen molar-refractivity contribution in [1.82, 2.24) is 19.8 Å². The lowest BCUT2D eigenvalue weighted by atomic mass is 10.2. The first-order valence-electron chi connectivity index (χ1n) is 8.92. The minimum Gasteiger partial charge on any atom is -0.450 e. The zero-order chi connectivity index (χ0) is 19.9. The molecule has 2 heterocycles. The van der Waals surface area contributed by atoms with Gasteiger partial charge in [-0.15, -0.1) is 0 Å². The summed E-state index contributed by atoms with van der Waals surface area (Å²) >= 11 is 0. The molecule has 2 amide bonds. The molecule has 9 nitrogen and oxygen atoms in total. The Kier molecular flexibility index (Phi) is 6.01. The number of rotatable bonds is 4. The third kappa shape index (κ3) is 4.54. The van der Waals surface area contributed by atoms with Crippen LogP contribution in [-0.2, 0) is 4.74 Å². The van der Waals surface area contributed by atoms with E-state index in [0.717, 1.165) is 0 Å². The Balaban J connectivity index is 1.62. The van der Waals surface area contributed by atoms with Crippen molar-refractivity contribution >= 4 is 23.6 Å². The van der Waals surface area contributed by atoms with Crippen LogP contribution in [0.1, 0.15) is 23.0 Å². The molecule has 0 bridgehead atoms. The molecule has 1 saturated heterocycles. The van der Waals surface area contributed by atoms with Crippen LogP contribution in [0, 0.1) is 11.3 Å². The smallest absolute Gasteiger partial charge is 0.409 e. The Morgan fingerprint density at radius 2 is 1.82 bits per heavy atom. The van der Waals surface area contributed by atoms with E-state index in [9.17, 15) is 9.59 Å². The molecule has 1 aliphatic heterocycles. The van der Waals surface area contributed by atoms with Crippen molar-refractivity contribution in [3.05, 3.63) is 47.8 Å². The van der Waals surface area contributed by atoms with E-state index in [4.69, 9.17) is 10.00 Å². The van der Waals surface area contributed by atoms with Gasteiger partial charge in [-0.1, -0.05) is 0 Å². The fourth-order valence-corrected chi connectivity index (χ4v) is 2.76. The molecule has 3 rings (SSSR count). The number of nitrogens with one attached hydrogen (secondary N) is 1. The summed E-state index contributed by atoms with van der Waals surface area (Å²) in [6, 6.07) is 10.5. The third-order valence-electron chi connectivity index (χ3n) is 4.24. The van der Waals surface area contributed by atoms with Gasteiger partial charge in [-0.3, -0.25) is 4.79 Å². The molecule has 0 spiro atoms. The fourth-order valence-electron chi connectivity index (χ4n) is 2.76. The van der Waals surface area contributed by atoms with Crippen LogP contribution in [0.15, 0.2) is 36.5 Å². The minimum atomic E-state index is -0.356. The summed E-state index contributed by atoms with van der Waals surface area (Å²) in [5.74, 6) is 0.0782. The lowest BCUT2D eigenvalue weighted by Gasteiger charge is -2.33. The first-order valence-corrected chi connectivity index (χ1v) is 8.92. The Labute approximate surface area is 162 Å². The average molecular weight is 380 g/mol. The average Bonchev–Trinajstić information content (AvgIpc) is 2.74. The fraction of sp³-hybridized carbons (Fsp3) is 0.316. The van der Waals surface area contributed by atoms with E-state index in [1.54, 1.807) is 47.1 Å². The molecule has 0 aliphatic carbocycles. The van der Waals surface area contributed by atoms with Crippen molar-refractivity contribution < 1.29 is 14.3 Å². The van der Waals surface area contributed by atoms with E-state index < -0.39 is 0 Å². The second-order valence-electron chi connectivity index (χ2n) is 6.06. The van der Waals surface area contributed by atoms with Crippen molar-refractivity contribution in [3.8, 4) is 6.07 Å². The van der Waals surface area contributed by atoms with Crippen LogP contribution in [0.4, 0.5) is 16.4 Å². The van der Waals surface area contributed by atoms with Crippen molar-refractivity contribution in [1.29, 1.82) is 5.26 Å². The monoisotopic (exact) mass is 380 g/mol. The van der Waals surface area contributed by atoms with Gasteiger partial charge in [0, 0.05) is 38.1 Å². The maximum atomic E-state index is 12.7. The second kappa shape index (κ2) is 8.81. The van der Waals surface area contributed by atoms with E-state index in [0.29, 0.717) is 50.0 Å². The summed E-state index contributed by atoms with van der Waals surface area (Å²) in [6.45, 7) is 3.77. The number of aromatic nitrogens is 2. The van der Waals surface area contributed by atoms with Crippen LogP contribution in [-0.4, -0.2) is 64.6 Å². The number of carbonyl (C=O) groups is 2. The number of anilines is 2. The largest absolute Gasteiger partial charge is 0.450 e. The van der Waals surface area contributed by atoms with Gasteiger partial charge in [0.2, 0.25) is 5.95 Å². The highest BCUT2D eigenvalue weighted by Crippen LogP contribution is 2.15. The van der Waals surface area contributed by atoms with Crippen LogP contribution in [0.25, 0.3) is 0 Å². The summed E-state index contributed by atoms with van der Waals surface area (Å²) in [6.07, 6.45) is 1.16. The number of hydrogen-bond acceptors (Lipinski definition) is 7. The summed E-state index contributed by atoms with van der Waals surface area (Å²) in [7, 11) is 0. The highest BCUT2D eigenvalue weighted by atomic mass is 16.6. The van der Waals surface area contributed by atoms with Gasteiger partial charge in [-0.25, -0.2) is 14.8 Å². The van der Waals surface area contributed by atoms with Gasteiger partial charge in [0.15, 0.2) is 0 Å². The molecule has 1 aliphatic rings. The zero-order valence-electron chi connectivity index (χ0n) is 15.5. The van der Waals surface area contributed by atoms with Crippen LogP contribution >= 0.6 is 0 Å². The second-order valence-corrected chi connectivity index (χ2v) is 6.06.